The van der Waals surface area contributed by atoms with Crippen molar-refractivity contribution in [3.8, 4) is 0 Å². The molecule has 0 aliphatic carbocycles. The van der Waals surface area contributed by atoms with Gasteiger partial charge in [0.15, 0.2) is 16.6 Å². The van der Waals surface area contributed by atoms with Crippen LogP contribution in [0.5, 0.6) is 0 Å². The fraction of sp³-hybridized carbons (Fsp3) is 0.231. The molecule has 3 rings (SSSR count). The first kappa shape index (κ1) is 16.3. The quantitative estimate of drug-likeness (QED) is 0.723. The largest absolute Gasteiger partial charge is 0.417 e. The number of alkyl halides is 3. The standard InChI is InChI=1S/C13H10F3N5O2S/c1-7-4-9(20-23-7)17-11(22)6-24-12-19-18-10-3-2-8(5-21(10)12)13(14,15)16/h2-5H,6H2,1H3,(H,17,20,22). The van der Waals surface area contributed by atoms with E-state index >= 15 is 0 Å². The summed E-state index contributed by atoms with van der Waals surface area (Å²) in [5.41, 5.74) is -0.558. The average molecular weight is 357 g/mol. The average Bonchev–Trinajstić information content (AvgIpc) is 3.10. The molecular weight excluding hydrogens is 347 g/mol. The number of anilines is 1. The van der Waals surface area contributed by atoms with Crippen molar-refractivity contribution in [1.82, 2.24) is 19.8 Å². The Morgan fingerprint density at radius 3 is 2.83 bits per heavy atom. The van der Waals surface area contributed by atoms with Crippen LogP contribution in [0.1, 0.15) is 11.3 Å². The lowest BCUT2D eigenvalue weighted by atomic mass is 10.3. The van der Waals surface area contributed by atoms with Crippen molar-refractivity contribution in [2.75, 3.05) is 11.1 Å². The number of thioether (sulfide) groups is 1. The van der Waals surface area contributed by atoms with Crippen LogP contribution in [0, 0.1) is 6.92 Å². The smallest absolute Gasteiger partial charge is 0.360 e. The Morgan fingerprint density at radius 2 is 2.17 bits per heavy atom. The summed E-state index contributed by atoms with van der Waals surface area (Å²) in [6, 6.07) is 3.70. The molecule has 0 unspecified atom stereocenters. The van der Waals surface area contributed by atoms with Crippen LogP contribution in [0.3, 0.4) is 0 Å². The summed E-state index contributed by atoms with van der Waals surface area (Å²) < 4.78 is 44.3. The maximum absolute atomic E-state index is 12.8. The number of carbonyl (C=O) groups excluding carboxylic acids is 1. The molecule has 0 atom stereocenters. The first-order valence-electron chi connectivity index (χ1n) is 6.61. The van der Waals surface area contributed by atoms with E-state index in [2.05, 4.69) is 20.7 Å². The second kappa shape index (κ2) is 6.15. The number of amides is 1. The molecule has 7 nitrogen and oxygen atoms in total. The van der Waals surface area contributed by atoms with Crippen LogP contribution in [-0.4, -0.2) is 31.4 Å². The van der Waals surface area contributed by atoms with Crippen LogP contribution in [-0.2, 0) is 11.0 Å². The lowest BCUT2D eigenvalue weighted by molar-refractivity contribution is -0.137. The Bertz CT molecular complexity index is 889. The number of nitrogens with one attached hydrogen (secondary N) is 1. The number of pyridine rings is 1. The third kappa shape index (κ3) is 3.50. The Labute approximate surface area is 137 Å². The molecule has 1 amide bonds. The van der Waals surface area contributed by atoms with E-state index in [1.54, 1.807) is 13.0 Å². The summed E-state index contributed by atoms with van der Waals surface area (Å²) >= 11 is 0.962. The lowest BCUT2D eigenvalue weighted by Crippen LogP contribution is -2.14. The zero-order valence-corrected chi connectivity index (χ0v) is 13.0. The van der Waals surface area contributed by atoms with Crippen molar-refractivity contribution in [2.45, 2.75) is 18.3 Å². The number of aryl methyl sites for hydroxylation is 1. The summed E-state index contributed by atoms with van der Waals surface area (Å²) in [6.07, 6.45) is -3.57. The van der Waals surface area contributed by atoms with Gasteiger partial charge < -0.3 is 9.84 Å². The number of nitrogens with zero attached hydrogens (tertiary/aromatic N) is 4. The van der Waals surface area contributed by atoms with Crippen molar-refractivity contribution in [2.24, 2.45) is 0 Å². The Morgan fingerprint density at radius 1 is 1.38 bits per heavy atom. The van der Waals surface area contributed by atoms with Gasteiger partial charge >= 0.3 is 6.18 Å². The molecule has 24 heavy (non-hydrogen) atoms. The molecule has 3 aromatic rings. The monoisotopic (exact) mass is 357 g/mol. The van der Waals surface area contributed by atoms with Crippen LogP contribution >= 0.6 is 11.8 Å². The predicted molar refractivity (Wildman–Crippen MR) is 78.6 cm³/mol. The maximum Gasteiger partial charge on any atom is 0.417 e. The third-order valence-electron chi connectivity index (χ3n) is 2.93. The van der Waals surface area contributed by atoms with Gasteiger partial charge in [-0.05, 0) is 19.1 Å². The molecule has 0 aliphatic rings. The van der Waals surface area contributed by atoms with Gasteiger partial charge in [0.2, 0.25) is 5.91 Å². The highest BCUT2D eigenvalue weighted by atomic mass is 32.2. The van der Waals surface area contributed by atoms with E-state index in [4.69, 9.17) is 4.52 Å². The fourth-order valence-electron chi connectivity index (χ4n) is 1.87. The molecule has 0 aliphatic heterocycles. The van der Waals surface area contributed by atoms with Gasteiger partial charge in [0.25, 0.3) is 0 Å². The van der Waals surface area contributed by atoms with Gasteiger partial charge in [0.05, 0.1) is 11.3 Å². The Balaban J connectivity index is 1.71. The van der Waals surface area contributed by atoms with E-state index in [-0.39, 0.29) is 22.4 Å². The minimum Gasteiger partial charge on any atom is -0.360 e. The molecule has 3 aromatic heterocycles. The molecule has 0 spiro atoms. The lowest BCUT2D eigenvalue weighted by Gasteiger charge is -2.07. The van der Waals surface area contributed by atoms with E-state index in [1.807, 2.05) is 0 Å². The minimum absolute atomic E-state index is 0.0665. The Kier molecular flexibility index (Phi) is 4.18. The van der Waals surface area contributed by atoms with Crippen LogP contribution in [0.25, 0.3) is 5.65 Å². The zero-order valence-electron chi connectivity index (χ0n) is 12.2. The molecule has 0 bridgehead atoms. The summed E-state index contributed by atoms with van der Waals surface area (Å²) in [6.45, 7) is 1.68. The van der Waals surface area contributed by atoms with Crippen molar-refractivity contribution in [1.29, 1.82) is 0 Å². The maximum atomic E-state index is 12.8. The number of aromatic nitrogens is 4. The molecule has 0 saturated carbocycles. The highest BCUT2D eigenvalue weighted by Crippen LogP contribution is 2.30. The van der Waals surface area contributed by atoms with E-state index in [0.29, 0.717) is 5.76 Å². The SMILES string of the molecule is Cc1cc(NC(=O)CSc2nnc3ccc(C(F)(F)F)cn23)no1. The van der Waals surface area contributed by atoms with E-state index < -0.39 is 17.6 Å². The van der Waals surface area contributed by atoms with Crippen LogP contribution < -0.4 is 5.32 Å². The van der Waals surface area contributed by atoms with Crippen LogP contribution in [0.4, 0.5) is 19.0 Å². The summed E-state index contributed by atoms with van der Waals surface area (Å²) in [7, 11) is 0. The van der Waals surface area contributed by atoms with Gasteiger partial charge in [-0.1, -0.05) is 16.9 Å². The number of halogens is 3. The molecule has 0 radical (unpaired) electrons. The highest BCUT2D eigenvalue weighted by molar-refractivity contribution is 7.99. The second-order valence-electron chi connectivity index (χ2n) is 4.79. The third-order valence-corrected chi connectivity index (χ3v) is 3.87. The van der Waals surface area contributed by atoms with Crippen molar-refractivity contribution >= 4 is 29.1 Å². The molecule has 126 valence electrons. The summed E-state index contributed by atoms with van der Waals surface area (Å²) in [4.78, 5) is 11.8. The highest BCUT2D eigenvalue weighted by Gasteiger charge is 2.31. The van der Waals surface area contributed by atoms with E-state index in [1.165, 1.54) is 10.5 Å². The molecule has 1 N–H and O–H groups in total. The van der Waals surface area contributed by atoms with Gasteiger partial charge in [0, 0.05) is 12.3 Å². The fourth-order valence-corrected chi connectivity index (χ4v) is 2.59. The first-order valence-corrected chi connectivity index (χ1v) is 7.59. The van der Waals surface area contributed by atoms with Gasteiger partial charge in [-0.3, -0.25) is 9.20 Å². The molecule has 11 heteroatoms. The van der Waals surface area contributed by atoms with Crippen molar-refractivity contribution in [3.63, 3.8) is 0 Å². The topological polar surface area (TPSA) is 85.3 Å². The Hall–Kier alpha value is -2.56. The number of carbonyl (C=O) groups is 1. The predicted octanol–water partition coefficient (Wildman–Crippen LogP) is 2.78. The minimum atomic E-state index is -4.47. The van der Waals surface area contributed by atoms with Gasteiger partial charge in [-0.2, -0.15) is 13.2 Å². The number of rotatable bonds is 4. The molecule has 3 heterocycles. The van der Waals surface area contributed by atoms with Crippen LogP contribution in [0.15, 0.2) is 34.1 Å². The van der Waals surface area contributed by atoms with Gasteiger partial charge in [0.1, 0.15) is 5.76 Å². The van der Waals surface area contributed by atoms with Crippen LogP contribution in [0.2, 0.25) is 0 Å². The van der Waals surface area contributed by atoms with Crippen molar-refractivity contribution in [3.05, 3.63) is 35.7 Å². The van der Waals surface area contributed by atoms with E-state index in [0.717, 1.165) is 24.0 Å². The number of fused-ring (bicyclic) bond motifs is 1. The molecule has 0 saturated heterocycles. The normalized spacial score (nSPS) is 11.8. The number of hydrogen-bond donors (Lipinski definition) is 1. The molecule has 0 aromatic carbocycles. The molecule has 0 fully saturated rings. The van der Waals surface area contributed by atoms with Crippen molar-refractivity contribution < 1.29 is 22.5 Å². The zero-order chi connectivity index (χ0) is 17.3. The van der Waals surface area contributed by atoms with Gasteiger partial charge in [-0.25, -0.2) is 0 Å². The summed E-state index contributed by atoms with van der Waals surface area (Å²) in [5.74, 6) is 0.352. The van der Waals surface area contributed by atoms with Gasteiger partial charge in [-0.15, -0.1) is 10.2 Å². The number of hydrogen-bond acceptors (Lipinski definition) is 6. The second-order valence-corrected chi connectivity index (χ2v) is 5.73. The summed E-state index contributed by atoms with van der Waals surface area (Å²) in [5, 5.41) is 13.9. The van der Waals surface area contributed by atoms with E-state index in [9.17, 15) is 18.0 Å². The molecular formula is C13H10F3N5O2S. The first-order chi connectivity index (χ1) is 11.3.